The van der Waals surface area contributed by atoms with Crippen LogP contribution in [0.1, 0.15) is 0 Å². The molecule has 9 rings (SSSR count). The summed E-state index contributed by atoms with van der Waals surface area (Å²) < 4.78 is 4.59. The van der Waals surface area contributed by atoms with Crippen LogP contribution in [0.15, 0.2) is 128 Å². The number of imidazole rings is 1. The largest absolute Gasteiger partial charge is 0.294 e. The third kappa shape index (κ3) is 2.89. The molecule has 0 aliphatic heterocycles. The lowest BCUT2D eigenvalue weighted by Crippen LogP contribution is -1.99. The summed E-state index contributed by atoms with van der Waals surface area (Å²) in [5, 5.41) is 5.90. The van der Waals surface area contributed by atoms with Crippen LogP contribution in [0.5, 0.6) is 0 Å². The maximum atomic E-state index is 5.13. The van der Waals surface area contributed by atoms with E-state index in [0.29, 0.717) is 0 Å². The van der Waals surface area contributed by atoms with Crippen LogP contribution in [-0.2, 0) is 0 Å². The van der Waals surface area contributed by atoms with Crippen molar-refractivity contribution in [3.63, 3.8) is 0 Å². The minimum absolute atomic E-state index is 0.886. The molecule has 186 valence electrons. The van der Waals surface area contributed by atoms with Crippen molar-refractivity contribution in [2.75, 3.05) is 0 Å². The highest BCUT2D eigenvalue weighted by Crippen LogP contribution is 2.39. The van der Waals surface area contributed by atoms with Crippen molar-refractivity contribution in [1.29, 1.82) is 0 Å². The number of hydrogen-bond donors (Lipinski definition) is 0. The second-order valence-electron chi connectivity index (χ2n) is 10.2. The average molecular weight is 512 g/mol. The molecular formula is C35H21N5. The molecule has 0 unspecified atom stereocenters. The fraction of sp³-hybridized carbons (Fsp3) is 0. The van der Waals surface area contributed by atoms with E-state index in [2.05, 4.69) is 117 Å². The SMILES string of the molecule is c1cc(-c2ccncc2)nc(-n2c3ccccc3c3cc4c(cc32)c2ccccc2n2c3ccccc3nc42)c1. The van der Waals surface area contributed by atoms with Crippen molar-refractivity contribution >= 4 is 60.2 Å². The summed E-state index contributed by atoms with van der Waals surface area (Å²) in [7, 11) is 0. The summed E-state index contributed by atoms with van der Waals surface area (Å²) in [6.45, 7) is 0. The molecule has 5 heteroatoms. The standard InChI is InChI=1S/C35H21N5/c1-5-13-31-23(8-1)25-21-33-26(20-27(25)35-38-29-10-3-6-14-32(29)40(31)35)24-9-2-4-12-30(24)39(33)34-15-7-11-28(37-34)22-16-18-36-19-17-22/h1-21H. The van der Waals surface area contributed by atoms with Gasteiger partial charge in [-0.3, -0.25) is 14.0 Å². The van der Waals surface area contributed by atoms with Crippen molar-refractivity contribution in [3.8, 4) is 17.1 Å². The van der Waals surface area contributed by atoms with E-state index in [-0.39, 0.29) is 0 Å². The number of pyridine rings is 3. The second kappa shape index (κ2) is 7.98. The quantitative estimate of drug-likeness (QED) is 0.219. The Kier molecular flexibility index (Phi) is 4.27. The van der Waals surface area contributed by atoms with E-state index < -0.39 is 0 Å². The van der Waals surface area contributed by atoms with Gasteiger partial charge in [0.15, 0.2) is 0 Å². The molecule has 0 bridgehead atoms. The first-order chi connectivity index (χ1) is 19.8. The lowest BCUT2D eigenvalue weighted by Gasteiger charge is -2.12. The van der Waals surface area contributed by atoms with Crippen LogP contribution >= 0.6 is 0 Å². The Morgan fingerprint density at radius 3 is 2.05 bits per heavy atom. The molecule has 5 nitrogen and oxygen atoms in total. The maximum absolute atomic E-state index is 5.13. The van der Waals surface area contributed by atoms with Crippen molar-refractivity contribution in [2.24, 2.45) is 0 Å². The van der Waals surface area contributed by atoms with E-state index in [1.807, 2.05) is 12.1 Å². The Hall–Kier alpha value is -5.55. The first-order valence-corrected chi connectivity index (χ1v) is 13.4. The Labute approximate surface area is 228 Å². The molecule has 0 radical (unpaired) electrons. The molecule has 0 saturated carbocycles. The molecule has 0 aliphatic carbocycles. The molecule has 0 saturated heterocycles. The fourth-order valence-electron chi connectivity index (χ4n) is 6.25. The van der Waals surface area contributed by atoms with Gasteiger partial charge < -0.3 is 0 Å². The third-order valence-corrected chi connectivity index (χ3v) is 7.99. The molecule has 5 heterocycles. The van der Waals surface area contributed by atoms with Crippen LogP contribution < -0.4 is 0 Å². The zero-order valence-corrected chi connectivity index (χ0v) is 21.4. The summed E-state index contributed by atoms with van der Waals surface area (Å²) in [4.78, 5) is 14.4. The Bertz CT molecular complexity index is 2430. The number of para-hydroxylation sites is 4. The zero-order chi connectivity index (χ0) is 26.2. The minimum Gasteiger partial charge on any atom is -0.294 e. The van der Waals surface area contributed by atoms with Gasteiger partial charge in [-0.1, -0.05) is 54.6 Å². The van der Waals surface area contributed by atoms with Crippen molar-refractivity contribution in [3.05, 3.63) is 128 Å². The van der Waals surface area contributed by atoms with Gasteiger partial charge in [0.2, 0.25) is 0 Å². The number of hydrogen-bond acceptors (Lipinski definition) is 3. The third-order valence-electron chi connectivity index (χ3n) is 7.99. The lowest BCUT2D eigenvalue weighted by molar-refractivity contribution is 1.08. The molecule has 5 aromatic heterocycles. The molecule has 0 fully saturated rings. The smallest absolute Gasteiger partial charge is 0.146 e. The highest BCUT2D eigenvalue weighted by molar-refractivity contribution is 6.21. The van der Waals surface area contributed by atoms with Gasteiger partial charge in [-0.05, 0) is 66.0 Å². The highest BCUT2D eigenvalue weighted by atomic mass is 15.1. The van der Waals surface area contributed by atoms with Gasteiger partial charge >= 0.3 is 0 Å². The molecule has 4 aromatic carbocycles. The van der Waals surface area contributed by atoms with Crippen LogP contribution in [0.2, 0.25) is 0 Å². The summed E-state index contributed by atoms with van der Waals surface area (Å²) in [6, 6.07) is 40.5. The van der Waals surface area contributed by atoms with Crippen LogP contribution in [0.25, 0.3) is 77.2 Å². The molecule has 0 atom stereocenters. The van der Waals surface area contributed by atoms with E-state index in [0.717, 1.165) is 55.7 Å². The van der Waals surface area contributed by atoms with E-state index in [4.69, 9.17) is 9.97 Å². The van der Waals surface area contributed by atoms with Crippen LogP contribution in [0, 0.1) is 0 Å². The Balaban J connectivity index is 1.45. The first kappa shape index (κ1) is 21.4. The number of benzene rings is 4. The molecule has 0 aliphatic rings. The minimum atomic E-state index is 0.886. The van der Waals surface area contributed by atoms with Crippen molar-refractivity contribution in [2.45, 2.75) is 0 Å². The van der Waals surface area contributed by atoms with Crippen LogP contribution in [0.4, 0.5) is 0 Å². The van der Waals surface area contributed by atoms with Gasteiger partial charge in [0.25, 0.3) is 0 Å². The monoisotopic (exact) mass is 511 g/mol. The number of fused-ring (bicyclic) bond motifs is 11. The second-order valence-corrected chi connectivity index (χ2v) is 10.2. The highest BCUT2D eigenvalue weighted by Gasteiger charge is 2.19. The molecular weight excluding hydrogens is 490 g/mol. The Morgan fingerprint density at radius 2 is 1.20 bits per heavy atom. The number of rotatable bonds is 2. The van der Waals surface area contributed by atoms with Gasteiger partial charge in [0.05, 0.1) is 33.3 Å². The van der Waals surface area contributed by atoms with Gasteiger partial charge in [0, 0.05) is 39.5 Å². The van der Waals surface area contributed by atoms with Crippen molar-refractivity contribution in [1.82, 2.24) is 23.9 Å². The predicted octanol–water partition coefficient (Wildman–Crippen LogP) is 8.35. The Morgan fingerprint density at radius 1 is 0.475 bits per heavy atom. The summed E-state index contributed by atoms with van der Waals surface area (Å²) in [6.07, 6.45) is 3.61. The molecule has 0 amide bonds. The molecule has 9 aromatic rings. The maximum Gasteiger partial charge on any atom is 0.146 e. The van der Waals surface area contributed by atoms with Crippen LogP contribution in [0.3, 0.4) is 0 Å². The predicted molar refractivity (Wildman–Crippen MR) is 163 cm³/mol. The first-order valence-electron chi connectivity index (χ1n) is 13.4. The molecule has 0 N–H and O–H groups in total. The summed E-state index contributed by atoms with van der Waals surface area (Å²) in [5.74, 6) is 0.886. The van der Waals surface area contributed by atoms with Crippen LogP contribution in [-0.4, -0.2) is 23.9 Å². The molecule has 0 spiro atoms. The normalized spacial score (nSPS) is 12.0. The number of aromatic nitrogens is 5. The lowest BCUT2D eigenvalue weighted by atomic mass is 10.0. The topological polar surface area (TPSA) is 48.0 Å². The zero-order valence-electron chi connectivity index (χ0n) is 21.4. The number of nitrogens with zero attached hydrogens (tertiary/aromatic N) is 5. The van der Waals surface area contributed by atoms with E-state index >= 15 is 0 Å². The van der Waals surface area contributed by atoms with E-state index in [1.165, 1.54) is 21.5 Å². The fourth-order valence-corrected chi connectivity index (χ4v) is 6.25. The van der Waals surface area contributed by atoms with E-state index in [1.54, 1.807) is 12.4 Å². The van der Waals surface area contributed by atoms with Gasteiger partial charge in [-0.2, -0.15) is 0 Å². The summed E-state index contributed by atoms with van der Waals surface area (Å²) in [5.41, 5.74) is 8.46. The van der Waals surface area contributed by atoms with Gasteiger partial charge in [-0.15, -0.1) is 0 Å². The average Bonchev–Trinajstić information content (AvgIpc) is 3.57. The van der Waals surface area contributed by atoms with Gasteiger partial charge in [0.1, 0.15) is 11.5 Å². The van der Waals surface area contributed by atoms with Crippen molar-refractivity contribution < 1.29 is 0 Å². The van der Waals surface area contributed by atoms with E-state index in [9.17, 15) is 0 Å². The van der Waals surface area contributed by atoms with Gasteiger partial charge in [-0.25, -0.2) is 9.97 Å². The molecule has 40 heavy (non-hydrogen) atoms. The summed E-state index contributed by atoms with van der Waals surface area (Å²) >= 11 is 0.